The highest BCUT2D eigenvalue weighted by Crippen LogP contribution is 2.24. The highest BCUT2D eigenvalue weighted by molar-refractivity contribution is 7.98. The number of carbonyl (C=O) groups is 1. The van der Waals surface area contributed by atoms with Crippen LogP contribution in [0.5, 0.6) is 0 Å². The molecular formula is C16H21ClN4OS. The van der Waals surface area contributed by atoms with E-state index in [1.807, 2.05) is 43.0 Å². The molecule has 1 atom stereocenters. The Morgan fingerprint density at radius 1 is 1.43 bits per heavy atom. The molecule has 0 saturated carbocycles. The van der Waals surface area contributed by atoms with Crippen molar-refractivity contribution in [1.82, 2.24) is 20.1 Å². The second-order valence-corrected chi connectivity index (χ2v) is 6.82. The Balaban J connectivity index is 2.47. The summed E-state index contributed by atoms with van der Waals surface area (Å²) in [6.07, 6.45) is 2.84. The quantitative estimate of drug-likeness (QED) is 0.864. The lowest BCUT2D eigenvalue weighted by Gasteiger charge is -2.18. The van der Waals surface area contributed by atoms with Crippen molar-refractivity contribution in [3.63, 3.8) is 0 Å². The van der Waals surface area contributed by atoms with Gasteiger partial charge >= 0.3 is 0 Å². The maximum Gasteiger partial charge on any atom is 0.217 e. The van der Waals surface area contributed by atoms with Crippen LogP contribution in [0.4, 0.5) is 0 Å². The predicted octanol–water partition coefficient (Wildman–Crippen LogP) is 3.47. The summed E-state index contributed by atoms with van der Waals surface area (Å²) in [5.41, 5.74) is 1.93. The molecule has 0 aliphatic rings. The van der Waals surface area contributed by atoms with Crippen LogP contribution in [0.15, 0.2) is 18.2 Å². The van der Waals surface area contributed by atoms with E-state index < -0.39 is 0 Å². The van der Waals surface area contributed by atoms with E-state index in [2.05, 4.69) is 15.4 Å². The SMILES string of the molecule is CSCC[C@H](NC(C)=O)c1nc(C)nn1-c1ccc(Cl)cc1C. The molecule has 2 aromatic rings. The third kappa shape index (κ3) is 4.48. The lowest BCUT2D eigenvalue weighted by molar-refractivity contribution is -0.119. The number of aromatic nitrogens is 3. The first kappa shape index (κ1) is 17.8. The molecule has 23 heavy (non-hydrogen) atoms. The van der Waals surface area contributed by atoms with Crippen LogP contribution in [0.1, 0.15) is 36.6 Å². The zero-order valence-electron chi connectivity index (χ0n) is 13.8. The number of halogens is 1. The van der Waals surface area contributed by atoms with Crippen molar-refractivity contribution in [2.45, 2.75) is 33.2 Å². The summed E-state index contributed by atoms with van der Waals surface area (Å²) >= 11 is 7.78. The van der Waals surface area contributed by atoms with Crippen LogP contribution in [0, 0.1) is 13.8 Å². The molecule has 2 rings (SSSR count). The van der Waals surface area contributed by atoms with Crippen LogP contribution in [0.25, 0.3) is 5.69 Å². The monoisotopic (exact) mass is 352 g/mol. The maximum atomic E-state index is 11.6. The van der Waals surface area contributed by atoms with Gasteiger partial charge in [0.1, 0.15) is 5.82 Å². The van der Waals surface area contributed by atoms with Gasteiger partial charge in [-0.05, 0) is 56.0 Å². The molecule has 1 N–H and O–H groups in total. The minimum absolute atomic E-state index is 0.0730. The molecule has 5 nitrogen and oxygen atoms in total. The third-order valence-electron chi connectivity index (χ3n) is 3.42. The standard InChI is InChI=1S/C16H21ClN4OS/c1-10-9-13(17)5-6-15(10)21-16(18-11(2)20-21)14(7-8-23-4)19-12(3)22/h5-6,9,14H,7-8H2,1-4H3,(H,19,22)/t14-/m0/s1. The van der Waals surface area contributed by atoms with Crippen molar-refractivity contribution in [1.29, 1.82) is 0 Å². The van der Waals surface area contributed by atoms with Crippen molar-refractivity contribution in [3.05, 3.63) is 40.4 Å². The molecule has 1 heterocycles. The number of benzene rings is 1. The topological polar surface area (TPSA) is 59.8 Å². The average Bonchev–Trinajstić information content (AvgIpc) is 2.84. The Morgan fingerprint density at radius 3 is 2.78 bits per heavy atom. The lowest BCUT2D eigenvalue weighted by atomic mass is 10.1. The summed E-state index contributed by atoms with van der Waals surface area (Å²) in [5.74, 6) is 2.28. The molecular weight excluding hydrogens is 332 g/mol. The highest BCUT2D eigenvalue weighted by atomic mass is 35.5. The Labute approximate surface area is 145 Å². The van der Waals surface area contributed by atoms with E-state index in [-0.39, 0.29) is 11.9 Å². The van der Waals surface area contributed by atoms with Crippen LogP contribution in [-0.4, -0.2) is 32.7 Å². The van der Waals surface area contributed by atoms with E-state index in [1.165, 1.54) is 6.92 Å². The normalized spacial score (nSPS) is 12.2. The first-order valence-electron chi connectivity index (χ1n) is 7.38. The number of carbonyl (C=O) groups excluding carboxylic acids is 1. The van der Waals surface area contributed by atoms with Crippen LogP contribution >= 0.6 is 23.4 Å². The Morgan fingerprint density at radius 2 is 2.17 bits per heavy atom. The Kier molecular flexibility index (Phi) is 6.07. The smallest absolute Gasteiger partial charge is 0.217 e. The van der Waals surface area contributed by atoms with Gasteiger partial charge in [0.15, 0.2) is 5.82 Å². The molecule has 0 unspecified atom stereocenters. The van der Waals surface area contributed by atoms with Crippen molar-refractivity contribution in [2.24, 2.45) is 0 Å². The molecule has 7 heteroatoms. The first-order chi connectivity index (χ1) is 10.9. The minimum atomic E-state index is -0.170. The molecule has 0 aliphatic carbocycles. The Bertz CT molecular complexity index is 701. The van der Waals surface area contributed by atoms with Crippen molar-refractivity contribution < 1.29 is 4.79 Å². The van der Waals surface area contributed by atoms with Gasteiger partial charge in [0, 0.05) is 11.9 Å². The van der Waals surface area contributed by atoms with Gasteiger partial charge in [-0.15, -0.1) is 0 Å². The summed E-state index contributed by atoms with van der Waals surface area (Å²) < 4.78 is 1.81. The lowest BCUT2D eigenvalue weighted by Crippen LogP contribution is -2.29. The van der Waals surface area contributed by atoms with Gasteiger partial charge < -0.3 is 5.32 Å². The highest BCUT2D eigenvalue weighted by Gasteiger charge is 2.21. The summed E-state index contributed by atoms with van der Waals surface area (Å²) in [5, 5.41) is 8.18. The van der Waals surface area contributed by atoms with E-state index in [4.69, 9.17) is 11.6 Å². The largest absolute Gasteiger partial charge is 0.346 e. The second kappa shape index (κ2) is 7.84. The van der Waals surface area contributed by atoms with Crippen LogP contribution in [0.2, 0.25) is 5.02 Å². The number of nitrogens with one attached hydrogen (secondary N) is 1. The zero-order valence-corrected chi connectivity index (χ0v) is 15.3. The van der Waals surface area contributed by atoms with Crippen molar-refractivity contribution in [2.75, 3.05) is 12.0 Å². The van der Waals surface area contributed by atoms with Crippen LogP contribution in [0.3, 0.4) is 0 Å². The molecule has 0 radical (unpaired) electrons. The van der Waals surface area contributed by atoms with Gasteiger partial charge in [-0.2, -0.15) is 16.9 Å². The minimum Gasteiger partial charge on any atom is -0.346 e. The first-order valence-corrected chi connectivity index (χ1v) is 9.15. The fraction of sp³-hybridized carbons (Fsp3) is 0.438. The number of amides is 1. The van der Waals surface area contributed by atoms with Gasteiger partial charge in [-0.1, -0.05) is 11.6 Å². The predicted molar refractivity (Wildman–Crippen MR) is 95.4 cm³/mol. The molecule has 1 aromatic heterocycles. The summed E-state index contributed by atoms with van der Waals surface area (Å²) in [6.45, 7) is 5.36. The van der Waals surface area contributed by atoms with E-state index >= 15 is 0 Å². The molecule has 0 spiro atoms. The summed E-state index contributed by atoms with van der Waals surface area (Å²) in [7, 11) is 0. The van der Waals surface area contributed by atoms with Gasteiger partial charge in [-0.25, -0.2) is 9.67 Å². The van der Waals surface area contributed by atoms with Gasteiger partial charge in [-0.3, -0.25) is 4.79 Å². The second-order valence-electron chi connectivity index (χ2n) is 5.39. The number of nitrogens with zero attached hydrogens (tertiary/aromatic N) is 3. The number of aryl methyl sites for hydroxylation is 2. The number of thioether (sulfide) groups is 1. The Hall–Kier alpha value is -1.53. The molecule has 1 amide bonds. The molecule has 0 saturated heterocycles. The average molecular weight is 353 g/mol. The molecule has 0 fully saturated rings. The fourth-order valence-electron chi connectivity index (χ4n) is 2.44. The van der Waals surface area contributed by atoms with Gasteiger partial charge in [0.2, 0.25) is 5.91 Å². The number of hydrogen-bond acceptors (Lipinski definition) is 4. The van der Waals surface area contributed by atoms with Crippen molar-refractivity contribution in [3.8, 4) is 5.69 Å². The van der Waals surface area contributed by atoms with Crippen LogP contribution < -0.4 is 5.32 Å². The van der Waals surface area contributed by atoms with E-state index in [1.54, 1.807) is 11.8 Å². The van der Waals surface area contributed by atoms with E-state index in [9.17, 15) is 4.79 Å². The maximum absolute atomic E-state index is 11.6. The third-order valence-corrected chi connectivity index (χ3v) is 4.30. The molecule has 0 bridgehead atoms. The molecule has 1 aromatic carbocycles. The fourth-order valence-corrected chi connectivity index (χ4v) is 3.14. The molecule has 0 aliphatic heterocycles. The van der Waals surface area contributed by atoms with Crippen LogP contribution in [-0.2, 0) is 4.79 Å². The molecule has 124 valence electrons. The number of hydrogen-bond donors (Lipinski definition) is 1. The van der Waals surface area contributed by atoms with Crippen molar-refractivity contribution >= 4 is 29.3 Å². The number of rotatable bonds is 6. The van der Waals surface area contributed by atoms with E-state index in [0.717, 1.165) is 29.2 Å². The summed E-state index contributed by atoms with van der Waals surface area (Å²) in [4.78, 5) is 16.1. The van der Waals surface area contributed by atoms with Gasteiger partial charge in [0.25, 0.3) is 0 Å². The summed E-state index contributed by atoms with van der Waals surface area (Å²) in [6, 6.07) is 5.48. The van der Waals surface area contributed by atoms with Gasteiger partial charge in [0.05, 0.1) is 11.7 Å². The van der Waals surface area contributed by atoms with E-state index in [0.29, 0.717) is 10.8 Å². The zero-order chi connectivity index (χ0) is 17.0.